The molecule has 0 fully saturated rings. The van der Waals surface area contributed by atoms with Gasteiger partial charge in [0.1, 0.15) is 0 Å². The molecule has 4 heteroatoms. The quantitative estimate of drug-likeness (QED) is 0.840. The van der Waals surface area contributed by atoms with Crippen LogP contribution in [0.3, 0.4) is 0 Å². The first-order chi connectivity index (χ1) is 9.78. The first kappa shape index (κ1) is 14.2. The van der Waals surface area contributed by atoms with Crippen LogP contribution in [-0.2, 0) is 24.3 Å². The molecule has 0 unspecified atom stereocenters. The maximum absolute atomic E-state index is 11.8. The van der Waals surface area contributed by atoms with Crippen LogP contribution in [0.1, 0.15) is 23.1 Å². The van der Waals surface area contributed by atoms with E-state index >= 15 is 0 Å². The Hall–Kier alpha value is -2.20. The summed E-state index contributed by atoms with van der Waals surface area (Å²) in [6.45, 7) is 1.10. The number of nitrogens with zero attached hydrogens (tertiary/aromatic N) is 1. The number of benzene rings is 1. The molecule has 0 saturated carbocycles. The second-order valence-corrected chi connectivity index (χ2v) is 4.65. The molecule has 4 nitrogen and oxygen atoms in total. The van der Waals surface area contributed by atoms with Crippen molar-refractivity contribution in [1.29, 1.82) is 0 Å². The molecule has 20 heavy (non-hydrogen) atoms. The highest BCUT2D eigenvalue weighted by molar-refractivity contribution is 5.76. The molecule has 0 spiro atoms. The monoisotopic (exact) mass is 269 g/mol. The molecule has 1 aromatic heterocycles. The summed E-state index contributed by atoms with van der Waals surface area (Å²) in [6, 6.07) is 11.8. The molecule has 104 valence electrons. The van der Waals surface area contributed by atoms with Crippen LogP contribution in [0.4, 0.5) is 0 Å². The summed E-state index contributed by atoms with van der Waals surface area (Å²) in [4.78, 5) is 15.7. The zero-order valence-electron chi connectivity index (χ0n) is 11.4. The number of rotatable bonds is 6. The van der Waals surface area contributed by atoms with Gasteiger partial charge in [-0.25, -0.2) is 0 Å². The number of hydrogen-bond acceptors (Lipinski definition) is 3. The highest BCUT2D eigenvalue weighted by atomic mass is 16.1. The number of amides is 1. The molecule has 0 aliphatic carbocycles. The van der Waals surface area contributed by atoms with E-state index in [1.54, 1.807) is 12.4 Å². The number of aromatic nitrogens is 1. The SMILES string of the molecule is NCc1ccc(CNC(=O)CCc2ccncc2)cc1. The third-order valence-electron chi connectivity index (χ3n) is 3.14. The van der Waals surface area contributed by atoms with Crippen molar-refractivity contribution in [1.82, 2.24) is 10.3 Å². The topological polar surface area (TPSA) is 68.0 Å². The fraction of sp³-hybridized carbons (Fsp3) is 0.250. The molecule has 1 aromatic carbocycles. The minimum absolute atomic E-state index is 0.0599. The molecule has 0 radical (unpaired) electrons. The second kappa shape index (κ2) is 7.40. The van der Waals surface area contributed by atoms with Crippen molar-refractivity contribution >= 4 is 5.91 Å². The lowest BCUT2D eigenvalue weighted by Crippen LogP contribution is -2.23. The van der Waals surface area contributed by atoms with Crippen LogP contribution in [-0.4, -0.2) is 10.9 Å². The highest BCUT2D eigenvalue weighted by Gasteiger charge is 2.02. The molecule has 0 atom stereocenters. The van der Waals surface area contributed by atoms with E-state index in [9.17, 15) is 4.79 Å². The zero-order valence-corrected chi connectivity index (χ0v) is 11.4. The number of nitrogens with two attached hydrogens (primary N) is 1. The number of carbonyl (C=O) groups excluding carboxylic acids is 1. The van der Waals surface area contributed by atoms with Crippen LogP contribution >= 0.6 is 0 Å². The van der Waals surface area contributed by atoms with Gasteiger partial charge in [-0.3, -0.25) is 9.78 Å². The minimum Gasteiger partial charge on any atom is -0.352 e. The number of aryl methyl sites for hydroxylation is 1. The Bertz CT molecular complexity index is 537. The number of pyridine rings is 1. The molecular weight excluding hydrogens is 250 g/mol. The van der Waals surface area contributed by atoms with Crippen molar-refractivity contribution < 1.29 is 4.79 Å². The van der Waals surface area contributed by atoms with E-state index in [4.69, 9.17) is 5.73 Å². The van der Waals surface area contributed by atoms with Gasteiger partial charge in [0.2, 0.25) is 5.91 Å². The van der Waals surface area contributed by atoms with Gasteiger partial charge in [-0.2, -0.15) is 0 Å². The van der Waals surface area contributed by atoms with Crippen LogP contribution in [0.2, 0.25) is 0 Å². The summed E-state index contributed by atoms with van der Waals surface area (Å²) >= 11 is 0. The van der Waals surface area contributed by atoms with Crippen molar-refractivity contribution in [3.8, 4) is 0 Å². The average molecular weight is 269 g/mol. The molecule has 0 aliphatic heterocycles. The van der Waals surface area contributed by atoms with E-state index in [1.807, 2.05) is 36.4 Å². The molecular formula is C16H19N3O. The summed E-state index contributed by atoms with van der Waals surface area (Å²) in [5.74, 6) is 0.0599. The van der Waals surface area contributed by atoms with E-state index < -0.39 is 0 Å². The largest absolute Gasteiger partial charge is 0.352 e. The van der Waals surface area contributed by atoms with E-state index in [0.717, 1.165) is 23.1 Å². The van der Waals surface area contributed by atoms with Crippen molar-refractivity contribution in [3.05, 3.63) is 65.5 Å². The Labute approximate surface area is 119 Å². The number of carbonyl (C=O) groups is 1. The standard InChI is InChI=1S/C16H19N3O/c17-11-14-1-3-15(4-2-14)12-19-16(20)6-5-13-7-9-18-10-8-13/h1-4,7-10H,5-6,11-12,17H2,(H,19,20). The van der Waals surface area contributed by atoms with Gasteiger partial charge in [-0.1, -0.05) is 24.3 Å². The molecule has 0 bridgehead atoms. The fourth-order valence-corrected chi connectivity index (χ4v) is 1.89. The average Bonchev–Trinajstić information content (AvgIpc) is 2.52. The Morgan fingerprint density at radius 2 is 1.65 bits per heavy atom. The Morgan fingerprint density at radius 3 is 2.30 bits per heavy atom. The van der Waals surface area contributed by atoms with E-state index in [0.29, 0.717) is 19.5 Å². The second-order valence-electron chi connectivity index (χ2n) is 4.65. The molecule has 3 N–H and O–H groups in total. The molecule has 0 saturated heterocycles. The molecule has 0 aliphatic rings. The van der Waals surface area contributed by atoms with E-state index in [1.165, 1.54) is 0 Å². The van der Waals surface area contributed by atoms with Gasteiger partial charge in [-0.15, -0.1) is 0 Å². The Balaban J connectivity index is 1.74. The number of nitrogens with one attached hydrogen (secondary N) is 1. The van der Waals surface area contributed by atoms with Crippen LogP contribution in [0.5, 0.6) is 0 Å². The first-order valence-corrected chi connectivity index (χ1v) is 6.71. The molecule has 2 rings (SSSR count). The lowest BCUT2D eigenvalue weighted by molar-refractivity contribution is -0.121. The van der Waals surface area contributed by atoms with Gasteiger partial charge in [0, 0.05) is 31.9 Å². The van der Waals surface area contributed by atoms with Gasteiger partial charge in [0.05, 0.1) is 0 Å². The van der Waals surface area contributed by atoms with Crippen LogP contribution < -0.4 is 11.1 Å². The van der Waals surface area contributed by atoms with Crippen molar-refractivity contribution in [2.75, 3.05) is 0 Å². The van der Waals surface area contributed by atoms with Crippen LogP contribution in [0.25, 0.3) is 0 Å². The minimum atomic E-state index is 0.0599. The van der Waals surface area contributed by atoms with Crippen molar-refractivity contribution in [2.24, 2.45) is 5.73 Å². The molecule has 1 amide bonds. The van der Waals surface area contributed by atoms with Gasteiger partial charge in [0.25, 0.3) is 0 Å². The highest BCUT2D eigenvalue weighted by Crippen LogP contribution is 2.04. The normalized spacial score (nSPS) is 10.2. The summed E-state index contributed by atoms with van der Waals surface area (Å²) in [5, 5.41) is 2.92. The Kier molecular flexibility index (Phi) is 5.26. The molecule has 2 aromatic rings. The summed E-state index contributed by atoms with van der Waals surface area (Å²) in [5.41, 5.74) is 8.85. The lowest BCUT2D eigenvalue weighted by atomic mass is 10.1. The van der Waals surface area contributed by atoms with Crippen LogP contribution in [0, 0.1) is 0 Å². The van der Waals surface area contributed by atoms with Crippen molar-refractivity contribution in [3.63, 3.8) is 0 Å². The molecule has 1 heterocycles. The van der Waals surface area contributed by atoms with Crippen LogP contribution in [0.15, 0.2) is 48.8 Å². The van der Waals surface area contributed by atoms with Gasteiger partial charge in [-0.05, 0) is 35.2 Å². The Morgan fingerprint density at radius 1 is 1.00 bits per heavy atom. The number of hydrogen-bond donors (Lipinski definition) is 2. The predicted octanol–water partition coefficient (Wildman–Crippen LogP) is 1.79. The summed E-state index contributed by atoms with van der Waals surface area (Å²) in [7, 11) is 0. The predicted molar refractivity (Wildman–Crippen MR) is 78.7 cm³/mol. The zero-order chi connectivity index (χ0) is 14.2. The smallest absolute Gasteiger partial charge is 0.220 e. The van der Waals surface area contributed by atoms with E-state index in [-0.39, 0.29) is 5.91 Å². The van der Waals surface area contributed by atoms with E-state index in [2.05, 4.69) is 10.3 Å². The first-order valence-electron chi connectivity index (χ1n) is 6.71. The third kappa shape index (κ3) is 4.48. The van der Waals surface area contributed by atoms with Gasteiger partial charge in [0.15, 0.2) is 0 Å². The fourth-order valence-electron chi connectivity index (χ4n) is 1.89. The maximum atomic E-state index is 11.8. The van der Waals surface area contributed by atoms with Gasteiger partial charge >= 0.3 is 0 Å². The van der Waals surface area contributed by atoms with Gasteiger partial charge < -0.3 is 11.1 Å². The third-order valence-corrected chi connectivity index (χ3v) is 3.14. The lowest BCUT2D eigenvalue weighted by Gasteiger charge is -2.06. The summed E-state index contributed by atoms with van der Waals surface area (Å²) in [6.07, 6.45) is 4.71. The van der Waals surface area contributed by atoms with Crippen molar-refractivity contribution in [2.45, 2.75) is 25.9 Å². The summed E-state index contributed by atoms with van der Waals surface area (Å²) < 4.78 is 0. The maximum Gasteiger partial charge on any atom is 0.220 e.